The highest BCUT2D eigenvalue weighted by molar-refractivity contribution is 14.1. The quantitative estimate of drug-likeness (QED) is 0.706. The second-order valence-electron chi connectivity index (χ2n) is 1.90. The molecule has 0 aliphatic rings. The van der Waals surface area contributed by atoms with Gasteiger partial charge in [0.2, 0.25) is 22.9 Å². The average molecular weight is 252 g/mol. The van der Waals surface area contributed by atoms with E-state index in [9.17, 15) is 4.79 Å². The predicted octanol–water partition coefficient (Wildman–Crippen LogP) is -0.541. The number of rotatable bonds is 2. The van der Waals surface area contributed by atoms with Gasteiger partial charge in [-0.15, -0.1) is 0 Å². The molecule has 0 unspecified atom stereocenters. The van der Waals surface area contributed by atoms with Crippen molar-refractivity contribution in [1.82, 2.24) is 4.57 Å². The summed E-state index contributed by atoms with van der Waals surface area (Å²) in [4.78, 5) is 10.4. The van der Waals surface area contributed by atoms with Crippen LogP contribution < -0.4 is 8.51 Å². The molecule has 1 amide bonds. The van der Waals surface area contributed by atoms with Gasteiger partial charge in [-0.2, -0.15) is 2.78 Å². The summed E-state index contributed by atoms with van der Waals surface area (Å²) in [5.74, 6) is -0.326. The van der Waals surface area contributed by atoms with Crippen molar-refractivity contribution >= 4 is 28.8 Å². The van der Waals surface area contributed by atoms with Crippen LogP contribution in [0.3, 0.4) is 0 Å². The van der Waals surface area contributed by atoms with E-state index >= 15 is 0 Å². The lowest BCUT2D eigenvalue weighted by atomic mass is 10.6. The monoisotopic (exact) mass is 252 g/mol. The minimum Gasteiger partial charge on any atom is -0.366 e. The molecule has 1 heterocycles. The Labute approximate surface area is 72.1 Å². The average Bonchev–Trinajstić information content (AvgIpc) is 2.13. The fourth-order valence-electron chi connectivity index (χ4n) is 0.641. The molecular weight excluding hydrogens is 245 g/mol. The van der Waals surface area contributed by atoms with Gasteiger partial charge >= 0.3 is 0 Å². The molecule has 0 aromatic carbocycles. The highest BCUT2D eigenvalue weighted by atomic mass is 127. The van der Waals surface area contributed by atoms with Gasteiger partial charge in [0.1, 0.15) is 12.4 Å². The summed E-state index contributed by atoms with van der Waals surface area (Å²) in [5, 5.41) is 0. The van der Waals surface area contributed by atoms with E-state index in [1.54, 1.807) is 17.1 Å². The standard InChI is InChI=1S/C5H6IN3O/c6-9-2-1-8(4-9)3-5(7)10/h1-2,4H,3H2,(H-,7,10)/p+1. The Morgan fingerprint density at radius 1 is 1.80 bits per heavy atom. The second-order valence-corrected chi connectivity index (χ2v) is 3.01. The first-order chi connectivity index (χ1) is 4.68. The Balaban J connectivity index is 2.67. The van der Waals surface area contributed by atoms with Gasteiger partial charge in [0.25, 0.3) is 12.2 Å². The molecular formula is C5H7IN3O+. The molecule has 1 rings (SSSR count). The summed E-state index contributed by atoms with van der Waals surface area (Å²) >= 11 is 2.09. The Kier molecular flexibility index (Phi) is 2.25. The van der Waals surface area contributed by atoms with Gasteiger partial charge in [-0.25, -0.2) is 4.57 Å². The van der Waals surface area contributed by atoms with Gasteiger partial charge in [0.05, 0.1) is 0 Å². The highest BCUT2D eigenvalue weighted by Gasteiger charge is 2.02. The van der Waals surface area contributed by atoms with Gasteiger partial charge in [-0.3, -0.25) is 4.79 Å². The molecule has 4 nitrogen and oxygen atoms in total. The van der Waals surface area contributed by atoms with Crippen LogP contribution in [-0.4, -0.2) is 10.5 Å². The zero-order chi connectivity index (χ0) is 7.56. The molecule has 0 fully saturated rings. The summed E-state index contributed by atoms with van der Waals surface area (Å²) in [7, 11) is 0. The molecule has 0 aliphatic heterocycles. The lowest BCUT2D eigenvalue weighted by Gasteiger charge is -1.86. The molecule has 10 heavy (non-hydrogen) atoms. The van der Waals surface area contributed by atoms with Crippen LogP contribution in [0.2, 0.25) is 0 Å². The van der Waals surface area contributed by atoms with E-state index in [-0.39, 0.29) is 12.5 Å². The summed E-state index contributed by atoms with van der Waals surface area (Å²) in [6, 6.07) is 0. The molecule has 0 aliphatic carbocycles. The van der Waals surface area contributed by atoms with E-state index < -0.39 is 0 Å². The number of carbonyl (C=O) groups is 1. The van der Waals surface area contributed by atoms with E-state index in [0.717, 1.165) is 0 Å². The first kappa shape index (κ1) is 7.52. The number of nitrogens with zero attached hydrogens (tertiary/aromatic N) is 2. The predicted molar refractivity (Wildman–Crippen MR) is 43.2 cm³/mol. The molecule has 0 radical (unpaired) electrons. The van der Waals surface area contributed by atoms with Crippen molar-refractivity contribution in [3.05, 3.63) is 18.7 Å². The van der Waals surface area contributed by atoms with Gasteiger partial charge < -0.3 is 5.73 Å². The first-order valence-corrected chi connectivity index (χ1v) is 3.66. The van der Waals surface area contributed by atoms with Crippen molar-refractivity contribution < 1.29 is 7.58 Å². The number of aromatic nitrogens is 2. The number of hydrogen-bond donors (Lipinski definition) is 1. The van der Waals surface area contributed by atoms with Crippen molar-refractivity contribution in [2.24, 2.45) is 5.73 Å². The van der Waals surface area contributed by atoms with E-state index in [0.29, 0.717) is 0 Å². The van der Waals surface area contributed by atoms with Crippen LogP contribution in [0.5, 0.6) is 0 Å². The molecule has 0 bridgehead atoms. The smallest absolute Gasteiger partial charge is 0.259 e. The number of halogens is 1. The molecule has 5 heteroatoms. The number of primary amides is 1. The molecule has 0 atom stereocenters. The second kappa shape index (κ2) is 3.00. The fraction of sp³-hybridized carbons (Fsp3) is 0.200. The van der Waals surface area contributed by atoms with Crippen LogP contribution in [0.25, 0.3) is 0 Å². The maximum atomic E-state index is 10.4. The third-order valence-corrected chi connectivity index (χ3v) is 1.57. The zero-order valence-corrected chi connectivity index (χ0v) is 7.35. The molecule has 0 saturated heterocycles. The Morgan fingerprint density at radius 2 is 2.50 bits per heavy atom. The van der Waals surface area contributed by atoms with Crippen molar-refractivity contribution in [2.75, 3.05) is 0 Å². The van der Waals surface area contributed by atoms with Crippen LogP contribution in [0.1, 0.15) is 0 Å². The molecule has 1 aromatic heterocycles. The summed E-state index contributed by atoms with van der Waals surface area (Å²) in [6.07, 6.45) is 5.41. The number of carbonyl (C=O) groups excluding carboxylic acids is 1. The Morgan fingerprint density at radius 3 is 2.90 bits per heavy atom. The first-order valence-electron chi connectivity index (χ1n) is 2.70. The third-order valence-electron chi connectivity index (χ3n) is 0.998. The van der Waals surface area contributed by atoms with Crippen LogP contribution in [0.15, 0.2) is 18.7 Å². The maximum Gasteiger partial charge on any atom is 0.259 e. The molecule has 1 aromatic rings. The van der Waals surface area contributed by atoms with Crippen LogP contribution in [0.4, 0.5) is 0 Å². The lowest BCUT2D eigenvalue weighted by Crippen LogP contribution is -2.20. The van der Waals surface area contributed by atoms with Crippen molar-refractivity contribution in [2.45, 2.75) is 6.54 Å². The lowest BCUT2D eigenvalue weighted by molar-refractivity contribution is -0.439. The van der Waals surface area contributed by atoms with Crippen molar-refractivity contribution in [3.8, 4) is 0 Å². The zero-order valence-electron chi connectivity index (χ0n) is 5.20. The summed E-state index contributed by atoms with van der Waals surface area (Å²) in [5.41, 5.74) is 4.96. The molecule has 2 N–H and O–H groups in total. The topological polar surface area (TPSA) is 51.9 Å². The molecule has 0 spiro atoms. The number of imidazole rings is 1. The molecule has 54 valence electrons. The van der Waals surface area contributed by atoms with Crippen LogP contribution in [0, 0.1) is 0 Å². The van der Waals surface area contributed by atoms with Gasteiger partial charge in [0.15, 0.2) is 6.54 Å². The van der Waals surface area contributed by atoms with Gasteiger partial charge in [-0.1, -0.05) is 0 Å². The summed E-state index contributed by atoms with van der Waals surface area (Å²) in [6.45, 7) is 0.246. The number of amides is 1. The highest BCUT2D eigenvalue weighted by Crippen LogP contribution is 1.84. The summed E-state index contributed by atoms with van der Waals surface area (Å²) < 4.78 is 3.54. The van der Waals surface area contributed by atoms with Gasteiger partial charge in [-0.05, 0) is 0 Å². The SMILES string of the molecule is NC(=O)Cn1cc[n+](I)c1. The van der Waals surface area contributed by atoms with E-state index in [1.807, 2.05) is 8.98 Å². The third kappa shape index (κ3) is 1.98. The van der Waals surface area contributed by atoms with E-state index in [4.69, 9.17) is 5.73 Å². The maximum absolute atomic E-state index is 10.4. The van der Waals surface area contributed by atoms with E-state index in [1.165, 1.54) is 0 Å². The van der Waals surface area contributed by atoms with Gasteiger partial charge in [0, 0.05) is 0 Å². The normalized spacial score (nSPS) is 9.70. The van der Waals surface area contributed by atoms with Crippen LogP contribution in [-0.2, 0) is 11.3 Å². The Bertz CT molecular complexity index is 245. The van der Waals surface area contributed by atoms with Crippen LogP contribution >= 0.6 is 22.9 Å². The fourth-order valence-corrected chi connectivity index (χ4v) is 1.11. The Hall–Kier alpha value is -0.590. The van der Waals surface area contributed by atoms with Crippen molar-refractivity contribution in [1.29, 1.82) is 0 Å². The van der Waals surface area contributed by atoms with Crippen molar-refractivity contribution in [3.63, 3.8) is 0 Å². The van der Waals surface area contributed by atoms with E-state index in [2.05, 4.69) is 22.9 Å². The molecule has 0 saturated carbocycles. The minimum atomic E-state index is -0.326. The minimum absolute atomic E-state index is 0.246. The largest absolute Gasteiger partial charge is 0.366 e. The number of nitrogens with two attached hydrogens (primary N) is 1. The number of hydrogen-bond acceptors (Lipinski definition) is 1.